The SMILES string of the molecule is O=C(N[C@H](c1ccccc1)c1nnc(N2CCCC2)o1)c1cccs1. The Morgan fingerprint density at radius 1 is 1.12 bits per heavy atom. The van der Waals surface area contributed by atoms with Crippen molar-refractivity contribution in [3.63, 3.8) is 0 Å². The largest absolute Gasteiger partial charge is 0.405 e. The van der Waals surface area contributed by atoms with Crippen molar-refractivity contribution in [2.45, 2.75) is 18.9 Å². The number of nitrogens with one attached hydrogen (secondary N) is 1. The van der Waals surface area contributed by atoms with Crippen LogP contribution in [-0.4, -0.2) is 29.2 Å². The summed E-state index contributed by atoms with van der Waals surface area (Å²) in [5, 5.41) is 13.3. The standard InChI is InChI=1S/C18H18N4O2S/c23-16(14-9-6-12-25-14)19-15(13-7-2-1-3-8-13)17-20-21-18(24-17)22-10-4-5-11-22/h1-3,6-9,12,15H,4-5,10-11H2,(H,19,23)/t15-/m1/s1. The van der Waals surface area contributed by atoms with Crippen LogP contribution in [0.25, 0.3) is 0 Å². The van der Waals surface area contributed by atoms with E-state index in [2.05, 4.69) is 20.4 Å². The molecule has 6 nitrogen and oxygen atoms in total. The molecule has 3 aromatic rings. The van der Waals surface area contributed by atoms with E-state index in [4.69, 9.17) is 4.42 Å². The zero-order valence-corrected chi connectivity index (χ0v) is 14.4. The van der Waals surface area contributed by atoms with Crippen molar-refractivity contribution in [3.05, 3.63) is 64.2 Å². The van der Waals surface area contributed by atoms with Gasteiger partial charge >= 0.3 is 6.01 Å². The lowest BCUT2D eigenvalue weighted by atomic mass is 10.1. The molecule has 0 saturated carbocycles. The number of rotatable bonds is 5. The molecule has 1 aliphatic heterocycles. The Morgan fingerprint density at radius 3 is 2.64 bits per heavy atom. The topological polar surface area (TPSA) is 71.3 Å². The summed E-state index contributed by atoms with van der Waals surface area (Å²) in [4.78, 5) is 15.3. The van der Waals surface area contributed by atoms with Crippen LogP contribution in [0, 0.1) is 0 Å². The van der Waals surface area contributed by atoms with Crippen LogP contribution in [-0.2, 0) is 0 Å². The van der Waals surface area contributed by atoms with Gasteiger partial charge in [-0.05, 0) is 29.9 Å². The summed E-state index contributed by atoms with van der Waals surface area (Å²) in [6.45, 7) is 1.86. The first-order valence-corrected chi connectivity index (χ1v) is 9.17. The van der Waals surface area contributed by atoms with Gasteiger partial charge in [-0.3, -0.25) is 4.79 Å². The Labute approximate surface area is 149 Å². The Kier molecular flexibility index (Phi) is 4.47. The number of hydrogen-bond donors (Lipinski definition) is 1. The second-order valence-corrected chi connectivity index (χ2v) is 6.86. The van der Waals surface area contributed by atoms with Crippen LogP contribution in [0.5, 0.6) is 0 Å². The van der Waals surface area contributed by atoms with Crippen molar-refractivity contribution in [2.24, 2.45) is 0 Å². The van der Waals surface area contributed by atoms with Crippen LogP contribution in [0.1, 0.15) is 40.0 Å². The van der Waals surface area contributed by atoms with E-state index in [0.29, 0.717) is 16.8 Å². The van der Waals surface area contributed by atoms with E-state index in [1.54, 1.807) is 6.07 Å². The molecule has 0 radical (unpaired) electrons. The van der Waals surface area contributed by atoms with Crippen LogP contribution < -0.4 is 10.2 Å². The molecule has 2 aromatic heterocycles. The lowest BCUT2D eigenvalue weighted by molar-refractivity contribution is 0.0942. The summed E-state index contributed by atoms with van der Waals surface area (Å²) < 4.78 is 5.89. The van der Waals surface area contributed by atoms with E-state index in [0.717, 1.165) is 31.5 Å². The average molecular weight is 354 g/mol. The molecule has 0 spiro atoms. The van der Waals surface area contributed by atoms with E-state index >= 15 is 0 Å². The fourth-order valence-corrected chi connectivity index (χ4v) is 3.55. The minimum atomic E-state index is -0.473. The molecule has 1 saturated heterocycles. The molecule has 4 rings (SSSR count). The minimum absolute atomic E-state index is 0.148. The maximum Gasteiger partial charge on any atom is 0.318 e. The average Bonchev–Trinajstić information content (AvgIpc) is 3.42. The maximum atomic E-state index is 12.5. The zero-order chi connectivity index (χ0) is 17.1. The van der Waals surface area contributed by atoms with Crippen molar-refractivity contribution >= 4 is 23.3 Å². The predicted octanol–water partition coefficient (Wildman–Crippen LogP) is 3.25. The molecule has 0 aliphatic carbocycles. The highest BCUT2D eigenvalue weighted by atomic mass is 32.1. The Balaban J connectivity index is 1.62. The van der Waals surface area contributed by atoms with E-state index < -0.39 is 6.04 Å². The van der Waals surface area contributed by atoms with Crippen molar-refractivity contribution in [2.75, 3.05) is 18.0 Å². The van der Waals surface area contributed by atoms with Crippen LogP contribution in [0.3, 0.4) is 0 Å². The van der Waals surface area contributed by atoms with Gasteiger partial charge in [0.05, 0.1) is 4.88 Å². The monoisotopic (exact) mass is 354 g/mol. The molecular formula is C18H18N4O2S. The third-order valence-electron chi connectivity index (χ3n) is 4.21. The molecule has 1 atom stereocenters. The number of nitrogens with zero attached hydrogens (tertiary/aromatic N) is 3. The number of anilines is 1. The summed E-state index contributed by atoms with van der Waals surface area (Å²) in [5.74, 6) is 0.253. The van der Waals surface area contributed by atoms with Gasteiger partial charge in [-0.2, -0.15) is 0 Å². The molecule has 0 bridgehead atoms. The molecule has 1 amide bonds. The first-order chi connectivity index (χ1) is 12.3. The van der Waals surface area contributed by atoms with E-state index in [9.17, 15) is 4.79 Å². The molecule has 3 heterocycles. The third-order valence-corrected chi connectivity index (χ3v) is 5.08. The quantitative estimate of drug-likeness (QED) is 0.761. The number of carbonyl (C=O) groups is 1. The Bertz CT molecular complexity index is 826. The van der Waals surface area contributed by atoms with E-state index in [-0.39, 0.29) is 5.91 Å². The van der Waals surface area contributed by atoms with E-state index in [1.807, 2.05) is 41.8 Å². The van der Waals surface area contributed by atoms with Gasteiger partial charge in [-0.1, -0.05) is 41.5 Å². The maximum absolute atomic E-state index is 12.5. The van der Waals surface area contributed by atoms with Crippen molar-refractivity contribution < 1.29 is 9.21 Å². The normalized spacial score (nSPS) is 15.3. The second kappa shape index (κ2) is 7.06. The number of thiophene rings is 1. The first kappa shape index (κ1) is 15.8. The fraction of sp³-hybridized carbons (Fsp3) is 0.278. The fourth-order valence-electron chi connectivity index (χ4n) is 2.92. The summed E-state index contributed by atoms with van der Waals surface area (Å²) in [6.07, 6.45) is 2.27. The minimum Gasteiger partial charge on any atom is -0.405 e. The lowest BCUT2D eigenvalue weighted by Gasteiger charge is -2.15. The highest BCUT2D eigenvalue weighted by Crippen LogP contribution is 2.26. The highest BCUT2D eigenvalue weighted by Gasteiger charge is 2.26. The third kappa shape index (κ3) is 3.41. The lowest BCUT2D eigenvalue weighted by Crippen LogP contribution is -2.29. The van der Waals surface area contributed by atoms with Crippen molar-refractivity contribution in [1.29, 1.82) is 0 Å². The number of benzene rings is 1. The number of amides is 1. The van der Waals surface area contributed by atoms with Crippen LogP contribution in [0.2, 0.25) is 0 Å². The highest BCUT2D eigenvalue weighted by molar-refractivity contribution is 7.12. The van der Waals surface area contributed by atoms with Crippen molar-refractivity contribution in [3.8, 4) is 0 Å². The van der Waals surface area contributed by atoms with Crippen LogP contribution >= 0.6 is 11.3 Å². The number of carbonyl (C=O) groups excluding carboxylic acids is 1. The molecule has 25 heavy (non-hydrogen) atoms. The van der Waals surface area contributed by atoms with Crippen LogP contribution in [0.4, 0.5) is 6.01 Å². The zero-order valence-electron chi connectivity index (χ0n) is 13.6. The molecule has 1 aliphatic rings. The molecule has 1 aromatic carbocycles. The first-order valence-electron chi connectivity index (χ1n) is 8.29. The molecule has 1 fully saturated rings. The van der Waals surface area contributed by atoms with Gasteiger partial charge in [-0.25, -0.2) is 0 Å². The smallest absolute Gasteiger partial charge is 0.318 e. The molecular weight excluding hydrogens is 336 g/mol. The van der Waals surface area contributed by atoms with E-state index in [1.165, 1.54) is 11.3 Å². The summed E-state index contributed by atoms with van der Waals surface area (Å²) >= 11 is 1.40. The second-order valence-electron chi connectivity index (χ2n) is 5.91. The number of aromatic nitrogens is 2. The number of hydrogen-bond acceptors (Lipinski definition) is 6. The van der Waals surface area contributed by atoms with Crippen LogP contribution in [0.15, 0.2) is 52.3 Å². The molecule has 128 valence electrons. The molecule has 7 heteroatoms. The van der Waals surface area contributed by atoms with Crippen molar-refractivity contribution in [1.82, 2.24) is 15.5 Å². The molecule has 0 unspecified atom stereocenters. The summed E-state index contributed by atoms with van der Waals surface area (Å²) in [6, 6.07) is 13.4. The van der Waals surface area contributed by atoms with Gasteiger partial charge in [0.15, 0.2) is 0 Å². The van der Waals surface area contributed by atoms with Gasteiger partial charge < -0.3 is 14.6 Å². The Morgan fingerprint density at radius 2 is 1.92 bits per heavy atom. The van der Waals surface area contributed by atoms with Gasteiger partial charge in [0, 0.05) is 13.1 Å². The summed E-state index contributed by atoms with van der Waals surface area (Å²) in [5.41, 5.74) is 0.907. The predicted molar refractivity (Wildman–Crippen MR) is 95.8 cm³/mol. The van der Waals surface area contributed by atoms with Gasteiger partial charge in [0.2, 0.25) is 5.89 Å². The van der Waals surface area contributed by atoms with Gasteiger partial charge in [0.25, 0.3) is 5.91 Å². The Hall–Kier alpha value is -2.67. The van der Waals surface area contributed by atoms with Gasteiger partial charge in [0.1, 0.15) is 6.04 Å². The van der Waals surface area contributed by atoms with Gasteiger partial charge in [-0.15, -0.1) is 16.4 Å². The molecule has 1 N–H and O–H groups in total. The summed E-state index contributed by atoms with van der Waals surface area (Å²) in [7, 11) is 0.